The summed E-state index contributed by atoms with van der Waals surface area (Å²) in [5.41, 5.74) is 4.67. The number of ether oxygens (including phenoxy) is 1. The van der Waals surface area contributed by atoms with Crippen molar-refractivity contribution in [1.29, 1.82) is 0 Å². The van der Waals surface area contributed by atoms with E-state index in [2.05, 4.69) is 29.6 Å². The van der Waals surface area contributed by atoms with Crippen LogP contribution in [0, 0.1) is 5.92 Å². The Morgan fingerprint density at radius 1 is 1.06 bits per heavy atom. The molecule has 1 fully saturated rings. The summed E-state index contributed by atoms with van der Waals surface area (Å²) < 4.78 is 5.54. The molecule has 2 aliphatic rings. The average Bonchev–Trinajstić information content (AvgIpc) is 3.58. The Morgan fingerprint density at radius 2 is 1.67 bits per heavy atom. The number of alkyl carbamates (subject to hydrolysis) is 1. The third kappa shape index (κ3) is 5.53. The van der Waals surface area contributed by atoms with Gasteiger partial charge in [0, 0.05) is 31.5 Å². The van der Waals surface area contributed by atoms with Crippen LogP contribution in [0.5, 0.6) is 0 Å². The van der Waals surface area contributed by atoms with Crippen molar-refractivity contribution >= 4 is 18.0 Å². The first-order chi connectivity index (χ1) is 15.9. The maximum Gasteiger partial charge on any atom is 0.407 e. The van der Waals surface area contributed by atoms with Crippen molar-refractivity contribution in [2.45, 2.75) is 44.6 Å². The van der Waals surface area contributed by atoms with Crippen molar-refractivity contribution in [2.75, 3.05) is 19.7 Å². The molecule has 2 aliphatic carbocycles. The van der Waals surface area contributed by atoms with Crippen LogP contribution in [0.25, 0.3) is 11.1 Å². The number of rotatable bonds is 10. The molecule has 0 spiro atoms. The fourth-order valence-electron chi connectivity index (χ4n) is 4.51. The largest absolute Gasteiger partial charge is 0.481 e. The number of hydrogen-bond donors (Lipinski definition) is 2. The van der Waals surface area contributed by atoms with E-state index in [0.717, 1.165) is 24.0 Å². The van der Waals surface area contributed by atoms with Crippen molar-refractivity contribution in [3.63, 3.8) is 0 Å². The Morgan fingerprint density at radius 3 is 2.24 bits per heavy atom. The third-order valence-corrected chi connectivity index (χ3v) is 6.34. The highest BCUT2D eigenvalue weighted by Crippen LogP contribution is 2.44. The lowest BCUT2D eigenvalue weighted by atomic mass is 9.98. The van der Waals surface area contributed by atoms with E-state index in [-0.39, 0.29) is 49.8 Å². The predicted octanol–water partition coefficient (Wildman–Crippen LogP) is 4.02. The molecule has 33 heavy (non-hydrogen) atoms. The van der Waals surface area contributed by atoms with Gasteiger partial charge in [-0.05, 0) is 41.0 Å². The molecule has 1 saturated carbocycles. The van der Waals surface area contributed by atoms with E-state index >= 15 is 0 Å². The number of carboxylic acids is 1. The second kappa shape index (κ2) is 10.1. The molecule has 1 unspecified atom stereocenters. The fraction of sp³-hybridized carbons (Fsp3) is 0.423. The molecule has 0 radical (unpaired) electrons. The molecule has 0 aromatic heterocycles. The van der Waals surface area contributed by atoms with Crippen LogP contribution in [0.4, 0.5) is 4.79 Å². The molecular formula is C26H30N2O5. The highest BCUT2D eigenvalue weighted by atomic mass is 16.5. The van der Waals surface area contributed by atoms with Gasteiger partial charge in [-0.2, -0.15) is 0 Å². The van der Waals surface area contributed by atoms with Crippen molar-refractivity contribution in [2.24, 2.45) is 5.92 Å². The molecular weight excluding hydrogens is 420 g/mol. The maximum atomic E-state index is 12.6. The number of fused-ring (bicyclic) bond motifs is 3. The number of nitrogens with one attached hydrogen (secondary N) is 1. The number of amides is 2. The summed E-state index contributed by atoms with van der Waals surface area (Å²) in [6, 6.07) is 16.5. The Bertz CT molecular complexity index is 987. The molecule has 0 saturated heterocycles. The van der Waals surface area contributed by atoms with Crippen LogP contribution >= 0.6 is 0 Å². The average molecular weight is 451 g/mol. The Hall–Kier alpha value is -3.35. The van der Waals surface area contributed by atoms with Gasteiger partial charge in [0.15, 0.2) is 0 Å². The van der Waals surface area contributed by atoms with E-state index in [1.165, 1.54) is 11.1 Å². The topological polar surface area (TPSA) is 95.9 Å². The first-order valence-corrected chi connectivity index (χ1v) is 11.5. The van der Waals surface area contributed by atoms with Crippen LogP contribution in [0.3, 0.4) is 0 Å². The second-order valence-electron chi connectivity index (χ2n) is 8.98. The number of carboxylic acid groups (broad SMARTS) is 1. The normalized spacial score (nSPS) is 15.3. The minimum absolute atomic E-state index is 0.00323. The predicted molar refractivity (Wildman–Crippen MR) is 124 cm³/mol. The van der Waals surface area contributed by atoms with Gasteiger partial charge in [0.05, 0.1) is 6.42 Å². The Balaban J connectivity index is 1.25. The van der Waals surface area contributed by atoms with Crippen LogP contribution in [0.15, 0.2) is 48.5 Å². The second-order valence-corrected chi connectivity index (χ2v) is 8.98. The van der Waals surface area contributed by atoms with Gasteiger partial charge in [-0.1, -0.05) is 55.5 Å². The van der Waals surface area contributed by atoms with Gasteiger partial charge in [-0.3, -0.25) is 9.59 Å². The molecule has 174 valence electrons. The van der Waals surface area contributed by atoms with Gasteiger partial charge < -0.3 is 20.1 Å². The molecule has 2 aromatic rings. The Kier molecular flexibility index (Phi) is 6.96. The zero-order valence-electron chi connectivity index (χ0n) is 18.8. The molecule has 0 aliphatic heterocycles. The monoisotopic (exact) mass is 450 g/mol. The van der Waals surface area contributed by atoms with E-state index < -0.39 is 12.1 Å². The van der Waals surface area contributed by atoms with Gasteiger partial charge in [0.1, 0.15) is 6.61 Å². The van der Waals surface area contributed by atoms with Crippen molar-refractivity contribution < 1.29 is 24.2 Å². The maximum absolute atomic E-state index is 12.6. The summed E-state index contributed by atoms with van der Waals surface area (Å²) in [5.74, 6) is -1.04. The molecule has 7 nitrogen and oxygen atoms in total. The van der Waals surface area contributed by atoms with E-state index in [9.17, 15) is 14.4 Å². The van der Waals surface area contributed by atoms with Crippen LogP contribution in [0.1, 0.15) is 49.7 Å². The molecule has 0 bridgehead atoms. The molecule has 1 atom stereocenters. The van der Waals surface area contributed by atoms with Crippen LogP contribution in [0.2, 0.25) is 0 Å². The number of carbonyl (C=O) groups is 3. The zero-order chi connectivity index (χ0) is 23.4. The smallest absolute Gasteiger partial charge is 0.407 e. The van der Waals surface area contributed by atoms with Crippen LogP contribution in [-0.4, -0.2) is 53.7 Å². The summed E-state index contributed by atoms with van der Waals surface area (Å²) in [7, 11) is 0. The number of nitrogens with zero attached hydrogens (tertiary/aromatic N) is 1. The van der Waals surface area contributed by atoms with Gasteiger partial charge in [0.2, 0.25) is 5.91 Å². The molecule has 7 heteroatoms. The number of benzene rings is 2. The van der Waals surface area contributed by atoms with E-state index in [1.54, 1.807) is 4.90 Å². The SMILES string of the molecule is CC(CNC(=O)OCC1c2ccccc2-c2ccccc21)CC(=O)N(CCC(=O)O)C1CC1. The Labute approximate surface area is 193 Å². The molecule has 2 N–H and O–H groups in total. The summed E-state index contributed by atoms with van der Waals surface area (Å²) in [5, 5.41) is 11.7. The lowest BCUT2D eigenvalue weighted by Gasteiger charge is -2.23. The van der Waals surface area contributed by atoms with Crippen molar-refractivity contribution in [3.8, 4) is 11.1 Å². The standard InChI is InChI=1S/C26H30N2O5/c1-17(14-24(29)28(18-10-11-18)13-12-25(30)31)15-27-26(32)33-16-23-21-8-4-2-6-19(21)20-7-3-5-9-22(20)23/h2-9,17-18,23H,10-16H2,1H3,(H,27,32)(H,30,31). The lowest BCUT2D eigenvalue weighted by Crippen LogP contribution is -2.37. The van der Waals surface area contributed by atoms with E-state index in [1.807, 2.05) is 31.2 Å². The van der Waals surface area contributed by atoms with E-state index in [4.69, 9.17) is 9.84 Å². The van der Waals surface area contributed by atoms with Gasteiger partial charge >= 0.3 is 12.1 Å². The molecule has 4 rings (SSSR count). The van der Waals surface area contributed by atoms with Crippen LogP contribution in [-0.2, 0) is 14.3 Å². The molecule has 2 amide bonds. The van der Waals surface area contributed by atoms with Gasteiger partial charge in [-0.25, -0.2) is 4.79 Å². The van der Waals surface area contributed by atoms with Crippen molar-refractivity contribution in [1.82, 2.24) is 10.2 Å². The van der Waals surface area contributed by atoms with Crippen LogP contribution < -0.4 is 5.32 Å². The summed E-state index contributed by atoms with van der Waals surface area (Å²) in [6.07, 6.45) is 1.57. The first kappa shape index (κ1) is 22.8. The van der Waals surface area contributed by atoms with E-state index in [0.29, 0.717) is 6.54 Å². The third-order valence-electron chi connectivity index (χ3n) is 6.34. The van der Waals surface area contributed by atoms with Crippen molar-refractivity contribution in [3.05, 3.63) is 59.7 Å². The fourth-order valence-corrected chi connectivity index (χ4v) is 4.51. The summed E-state index contributed by atoms with van der Waals surface area (Å²) in [4.78, 5) is 37.5. The number of aliphatic carboxylic acids is 1. The number of hydrogen-bond acceptors (Lipinski definition) is 4. The highest BCUT2D eigenvalue weighted by Gasteiger charge is 2.33. The summed E-state index contributed by atoms with van der Waals surface area (Å²) in [6.45, 7) is 2.70. The number of carbonyl (C=O) groups excluding carboxylic acids is 2. The zero-order valence-corrected chi connectivity index (χ0v) is 18.8. The minimum atomic E-state index is -0.904. The lowest BCUT2D eigenvalue weighted by molar-refractivity contribution is -0.139. The van der Waals surface area contributed by atoms with Gasteiger partial charge in [-0.15, -0.1) is 0 Å². The molecule has 0 heterocycles. The summed E-state index contributed by atoms with van der Waals surface area (Å²) >= 11 is 0. The molecule has 2 aromatic carbocycles. The highest BCUT2D eigenvalue weighted by molar-refractivity contribution is 5.79. The van der Waals surface area contributed by atoms with Gasteiger partial charge in [0.25, 0.3) is 0 Å². The minimum Gasteiger partial charge on any atom is -0.481 e. The quantitative estimate of drug-likeness (QED) is 0.570. The first-order valence-electron chi connectivity index (χ1n) is 11.5.